The van der Waals surface area contributed by atoms with Crippen molar-refractivity contribution in [2.45, 2.75) is 12.5 Å². The maximum absolute atomic E-state index is 10.4. The lowest BCUT2D eigenvalue weighted by molar-refractivity contribution is -0.151. The van der Waals surface area contributed by atoms with Crippen LogP contribution >= 0.6 is 0 Å². The summed E-state index contributed by atoms with van der Waals surface area (Å²) in [6, 6.07) is 0. The lowest BCUT2D eigenvalue weighted by atomic mass is 10.3. The maximum atomic E-state index is 10.4. The van der Waals surface area contributed by atoms with Crippen LogP contribution in [0.5, 0.6) is 0 Å². The van der Waals surface area contributed by atoms with Crippen LogP contribution in [-0.4, -0.2) is 25.2 Å². The van der Waals surface area contributed by atoms with Crippen molar-refractivity contribution in [2.75, 3.05) is 6.61 Å². The molecule has 0 aliphatic carbocycles. The van der Waals surface area contributed by atoms with E-state index in [0.29, 0.717) is 6.61 Å². The number of rotatable bonds is 3. The number of ether oxygens (including phenoxy) is 2. The molecule has 1 aliphatic rings. The van der Waals surface area contributed by atoms with Crippen LogP contribution < -0.4 is 0 Å². The van der Waals surface area contributed by atoms with Crippen LogP contribution in [0.4, 0.5) is 0 Å². The third-order valence-electron chi connectivity index (χ3n) is 0.976. The molecule has 0 spiro atoms. The van der Waals surface area contributed by atoms with Crippen LogP contribution in [0.2, 0.25) is 0 Å². The molecule has 1 heterocycles. The highest BCUT2D eigenvalue weighted by Crippen LogP contribution is 2.13. The smallest absolute Gasteiger partial charge is 0.315 e. The zero-order valence-corrected chi connectivity index (χ0v) is 4.70. The van der Waals surface area contributed by atoms with E-state index in [-0.39, 0.29) is 19.0 Å². The van der Waals surface area contributed by atoms with E-state index < -0.39 is 5.97 Å². The molecule has 9 heavy (non-hydrogen) atoms. The highest BCUT2D eigenvalue weighted by molar-refractivity contribution is 5.76. The molecule has 0 radical (unpaired) electrons. The van der Waals surface area contributed by atoms with Crippen molar-refractivity contribution in [3.8, 4) is 0 Å². The van der Waals surface area contributed by atoms with E-state index in [1.807, 2.05) is 0 Å². The van der Waals surface area contributed by atoms with Crippen LogP contribution in [-0.2, 0) is 19.1 Å². The quantitative estimate of drug-likeness (QED) is 0.223. The van der Waals surface area contributed by atoms with Crippen LogP contribution in [0.1, 0.15) is 6.42 Å². The second kappa shape index (κ2) is 2.59. The maximum Gasteiger partial charge on any atom is 0.315 e. The Bertz CT molecular complexity index is 127. The summed E-state index contributed by atoms with van der Waals surface area (Å²) < 4.78 is 8.70. The van der Waals surface area contributed by atoms with Gasteiger partial charge in [0.25, 0.3) is 0 Å². The van der Waals surface area contributed by atoms with Crippen LogP contribution in [0.25, 0.3) is 0 Å². The average Bonchev–Trinajstić information content (AvgIpc) is 2.50. The summed E-state index contributed by atoms with van der Waals surface area (Å²) in [4.78, 5) is 19.9. The third kappa shape index (κ3) is 2.23. The minimum atomic E-state index is -0.521. The second-order valence-corrected chi connectivity index (χ2v) is 1.75. The van der Waals surface area contributed by atoms with Crippen molar-refractivity contribution in [2.24, 2.45) is 0 Å². The first-order valence-electron chi connectivity index (χ1n) is 2.57. The largest absolute Gasteiger partial charge is 0.395 e. The Morgan fingerprint density at radius 2 is 2.56 bits per heavy atom. The Hall–Kier alpha value is -0.900. The van der Waals surface area contributed by atoms with E-state index in [4.69, 9.17) is 4.74 Å². The van der Waals surface area contributed by atoms with Gasteiger partial charge < -0.3 is 9.47 Å². The van der Waals surface area contributed by atoms with E-state index in [9.17, 15) is 9.59 Å². The van der Waals surface area contributed by atoms with Crippen LogP contribution in [0.3, 0.4) is 0 Å². The monoisotopic (exact) mass is 130 g/mol. The molecule has 0 aromatic carbocycles. The molecular weight excluding hydrogens is 124 g/mol. The number of carbonyl (C=O) groups excluding carboxylic acids is 2. The standard InChI is InChI=1S/C5H6O4/c6-3-9-5(7)1-4-2-8-4/h3-4H,1-2H2. The summed E-state index contributed by atoms with van der Waals surface area (Å²) in [5.74, 6) is -0.521. The number of epoxide rings is 1. The lowest BCUT2D eigenvalue weighted by Crippen LogP contribution is -2.05. The van der Waals surface area contributed by atoms with Gasteiger partial charge in [-0.05, 0) is 0 Å². The summed E-state index contributed by atoms with van der Waals surface area (Å²) in [5.41, 5.74) is 0. The zero-order valence-electron chi connectivity index (χ0n) is 4.70. The van der Waals surface area contributed by atoms with E-state index in [1.54, 1.807) is 0 Å². The molecule has 1 aliphatic heterocycles. The number of carbonyl (C=O) groups is 2. The number of hydrogen-bond donors (Lipinski definition) is 0. The lowest BCUT2D eigenvalue weighted by Gasteiger charge is -1.89. The summed E-state index contributed by atoms with van der Waals surface area (Å²) in [7, 11) is 0. The molecule has 1 atom stereocenters. The Balaban J connectivity index is 2.09. The summed E-state index contributed by atoms with van der Waals surface area (Å²) in [5, 5.41) is 0. The van der Waals surface area contributed by atoms with Gasteiger partial charge in [0.15, 0.2) is 0 Å². The highest BCUT2D eigenvalue weighted by atomic mass is 16.6. The van der Waals surface area contributed by atoms with Gasteiger partial charge in [-0.2, -0.15) is 0 Å². The molecular formula is C5H6O4. The van der Waals surface area contributed by atoms with E-state index in [1.165, 1.54) is 0 Å². The van der Waals surface area contributed by atoms with Crippen molar-refractivity contribution in [3.63, 3.8) is 0 Å². The Labute approximate surface area is 51.7 Å². The van der Waals surface area contributed by atoms with Gasteiger partial charge in [-0.1, -0.05) is 0 Å². The highest BCUT2D eigenvalue weighted by Gasteiger charge is 2.26. The van der Waals surface area contributed by atoms with E-state index in [2.05, 4.69) is 4.74 Å². The van der Waals surface area contributed by atoms with E-state index in [0.717, 1.165) is 0 Å². The van der Waals surface area contributed by atoms with Gasteiger partial charge in [0.1, 0.15) is 0 Å². The van der Waals surface area contributed by atoms with Crippen molar-refractivity contribution in [3.05, 3.63) is 0 Å². The van der Waals surface area contributed by atoms with Gasteiger partial charge in [-0.15, -0.1) is 0 Å². The predicted molar refractivity (Wildman–Crippen MR) is 26.5 cm³/mol. The van der Waals surface area contributed by atoms with E-state index >= 15 is 0 Å². The Morgan fingerprint density at radius 1 is 1.89 bits per heavy atom. The summed E-state index contributed by atoms with van der Waals surface area (Å²) >= 11 is 0. The molecule has 50 valence electrons. The fourth-order valence-electron chi connectivity index (χ4n) is 0.474. The fraction of sp³-hybridized carbons (Fsp3) is 0.600. The molecule has 4 heteroatoms. The first-order chi connectivity index (χ1) is 4.33. The molecule has 0 saturated carbocycles. The zero-order chi connectivity index (χ0) is 6.69. The minimum absolute atomic E-state index is 0.00236. The average molecular weight is 130 g/mol. The summed E-state index contributed by atoms with van der Waals surface area (Å²) in [6.07, 6.45) is 0.191. The van der Waals surface area contributed by atoms with Crippen molar-refractivity contribution in [1.82, 2.24) is 0 Å². The minimum Gasteiger partial charge on any atom is -0.395 e. The molecule has 0 N–H and O–H groups in total. The molecule has 4 nitrogen and oxygen atoms in total. The Morgan fingerprint density at radius 3 is 3.00 bits per heavy atom. The van der Waals surface area contributed by atoms with Gasteiger partial charge in [0.2, 0.25) is 0 Å². The normalized spacial score (nSPS) is 22.9. The molecule has 1 saturated heterocycles. The Kier molecular flexibility index (Phi) is 1.79. The topological polar surface area (TPSA) is 55.9 Å². The molecule has 1 fully saturated rings. The molecule has 1 unspecified atom stereocenters. The van der Waals surface area contributed by atoms with Gasteiger partial charge >= 0.3 is 12.4 Å². The van der Waals surface area contributed by atoms with Gasteiger partial charge in [0, 0.05) is 0 Å². The predicted octanol–water partition coefficient (Wildman–Crippen LogP) is -0.525. The van der Waals surface area contributed by atoms with Gasteiger partial charge in [-0.3, -0.25) is 9.59 Å². The van der Waals surface area contributed by atoms with Gasteiger partial charge in [-0.25, -0.2) is 0 Å². The molecule has 0 aromatic rings. The molecule has 0 amide bonds. The van der Waals surface area contributed by atoms with Crippen molar-refractivity contribution < 1.29 is 19.1 Å². The molecule has 0 aromatic heterocycles. The second-order valence-electron chi connectivity index (χ2n) is 1.75. The van der Waals surface area contributed by atoms with Crippen molar-refractivity contribution >= 4 is 12.4 Å². The fourth-order valence-corrected chi connectivity index (χ4v) is 0.474. The number of esters is 1. The van der Waals surface area contributed by atoms with Crippen molar-refractivity contribution in [1.29, 1.82) is 0 Å². The van der Waals surface area contributed by atoms with Gasteiger partial charge in [0.05, 0.1) is 19.1 Å². The summed E-state index contributed by atoms with van der Waals surface area (Å²) in [6.45, 7) is 0.735. The number of hydrogen-bond acceptors (Lipinski definition) is 4. The first kappa shape index (κ1) is 6.22. The molecule has 0 bridgehead atoms. The third-order valence-corrected chi connectivity index (χ3v) is 0.976. The van der Waals surface area contributed by atoms with Crippen LogP contribution in [0, 0.1) is 0 Å². The molecule has 1 rings (SSSR count). The SMILES string of the molecule is O=COC(=O)CC1CO1. The van der Waals surface area contributed by atoms with Crippen LogP contribution in [0.15, 0.2) is 0 Å². The first-order valence-corrected chi connectivity index (χ1v) is 2.57.